The van der Waals surface area contributed by atoms with Crippen LogP contribution in [-0.4, -0.2) is 24.8 Å². The molecule has 0 radical (unpaired) electrons. The van der Waals surface area contributed by atoms with Crippen molar-refractivity contribution in [3.05, 3.63) is 18.2 Å². The van der Waals surface area contributed by atoms with Crippen LogP contribution in [-0.2, 0) is 0 Å². The molecule has 19 heavy (non-hydrogen) atoms. The van der Waals surface area contributed by atoms with Crippen molar-refractivity contribution < 1.29 is 9.84 Å². The molecule has 1 aromatic rings. The Morgan fingerprint density at radius 1 is 1.21 bits per heavy atom. The van der Waals surface area contributed by atoms with E-state index in [0.717, 1.165) is 56.6 Å². The van der Waals surface area contributed by atoms with Crippen molar-refractivity contribution in [1.82, 2.24) is 0 Å². The summed E-state index contributed by atoms with van der Waals surface area (Å²) in [6.07, 6.45) is 5.36. The number of phenols is 1. The predicted octanol–water partition coefficient (Wildman–Crippen LogP) is 3.11. The third-order valence-corrected chi connectivity index (χ3v) is 2.93. The van der Waals surface area contributed by atoms with E-state index in [1.54, 1.807) is 6.07 Å². The van der Waals surface area contributed by atoms with Crippen molar-refractivity contribution in [3.8, 4) is 11.5 Å². The van der Waals surface area contributed by atoms with Crippen LogP contribution >= 0.6 is 0 Å². The van der Waals surface area contributed by atoms with Crippen LogP contribution in [0.4, 0.5) is 5.69 Å². The van der Waals surface area contributed by atoms with Gasteiger partial charge in [0.1, 0.15) is 11.5 Å². The van der Waals surface area contributed by atoms with Gasteiger partial charge in [0.25, 0.3) is 0 Å². The lowest BCUT2D eigenvalue weighted by molar-refractivity contribution is 0.308. The summed E-state index contributed by atoms with van der Waals surface area (Å²) < 4.78 is 5.54. The van der Waals surface area contributed by atoms with Gasteiger partial charge in [0.05, 0.1) is 12.3 Å². The summed E-state index contributed by atoms with van der Waals surface area (Å²) in [5, 5.41) is 13.1. The van der Waals surface area contributed by atoms with Gasteiger partial charge >= 0.3 is 0 Å². The molecule has 4 N–H and O–H groups in total. The largest absolute Gasteiger partial charge is 0.506 e. The van der Waals surface area contributed by atoms with Gasteiger partial charge < -0.3 is 20.9 Å². The van der Waals surface area contributed by atoms with Crippen molar-refractivity contribution in [3.63, 3.8) is 0 Å². The molecule has 0 aliphatic rings. The fraction of sp³-hybridized carbons (Fsp3) is 0.600. The second-order valence-corrected chi connectivity index (χ2v) is 4.66. The third kappa shape index (κ3) is 6.34. The first-order valence-electron chi connectivity index (χ1n) is 7.17. The third-order valence-electron chi connectivity index (χ3n) is 2.93. The number of benzene rings is 1. The van der Waals surface area contributed by atoms with Crippen LogP contribution in [0.3, 0.4) is 0 Å². The first-order chi connectivity index (χ1) is 9.27. The summed E-state index contributed by atoms with van der Waals surface area (Å²) >= 11 is 0. The number of aromatic hydroxyl groups is 1. The van der Waals surface area contributed by atoms with E-state index in [2.05, 4.69) is 12.2 Å². The van der Waals surface area contributed by atoms with Gasteiger partial charge in [-0.2, -0.15) is 0 Å². The quantitative estimate of drug-likeness (QED) is 0.449. The Bertz CT molecular complexity index is 356. The zero-order valence-electron chi connectivity index (χ0n) is 11.8. The van der Waals surface area contributed by atoms with Gasteiger partial charge in [-0.3, -0.25) is 0 Å². The second-order valence-electron chi connectivity index (χ2n) is 4.66. The van der Waals surface area contributed by atoms with Gasteiger partial charge in [0, 0.05) is 12.6 Å². The Balaban J connectivity index is 2.34. The number of rotatable bonds is 10. The molecule has 4 heteroatoms. The summed E-state index contributed by atoms with van der Waals surface area (Å²) in [6.45, 7) is 4.42. The van der Waals surface area contributed by atoms with E-state index < -0.39 is 0 Å². The Hall–Kier alpha value is -1.42. The minimum atomic E-state index is 0.243. The monoisotopic (exact) mass is 266 g/mol. The number of ether oxygens (including phenoxy) is 1. The van der Waals surface area contributed by atoms with Crippen molar-refractivity contribution in [2.75, 3.05) is 25.0 Å². The zero-order valence-corrected chi connectivity index (χ0v) is 11.8. The van der Waals surface area contributed by atoms with E-state index >= 15 is 0 Å². The molecule has 0 unspecified atom stereocenters. The average molecular weight is 266 g/mol. The molecule has 0 aromatic heterocycles. The van der Waals surface area contributed by atoms with Crippen molar-refractivity contribution in [2.24, 2.45) is 5.73 Å². The van der Waals surface area contributed by atoms with Gasteiger partial charge in [-0.25, -0.2) is 0 Å². The van der Waals surface area contributed by atoms with Crippen LogP contribution < -0.4 is 15.8 Å². The maximum atomic E-state index is 9.89. The molecule has 0 spiro atoms. The highest BCUT2D eigenvalue weighted by Gasteiger charge is 2.02. The summed E-state index contributed by atoms with van der Waals surface area (Å²) in [5.74, 6) is 0.965. The number of anilines is 1. The van der Waals surface area contributed by atoms with Crippen molar-refractivity contribution >= 4 is 5.69 Å². The highest BCUT2D eigenvalue weighted by atomic mass is 16.5. The first kappa shape index (κ1) is 15.6. The highest BCUT2D eigenvalue weighted by Crippen LogP contribution is 2.28. The molecule has 108 valence electrons. The van der Waals surface area contributed by atoms with Gasteiger partial charge in [-0.15, -0.1) is 0 Å². The van der Waals surface area contributed by atoms with Gasteiger partial charge in [0.15, 0.2) is 0 Å². The number of hydrogen-bond donors (Lipinski definition) is 3. The van der Waals surface area contributed by atoms with E-state index in [1.165, 1.54) is 0 Å². The van der Waals surface area contributed by atoms with Crippen LogP contribution in [0.5, 0.6) is 11.5 Å². The number of nitrogens with two attached hydrogens (primary N) is 1. The molecule has 1 aromatic carbocycles. The van der Waals surface area contributed by atoms with Crippen molar-refractivity contribution in [2.45, 2.75) is 39.0 Å². The Morgan fingerprint density at radius 2 is 2.05 bits per heavy atom. The molecule has 0 saturated carbocycles. The molecule has 4 nitrogen and oxygen atoms in total. The van der Waals surface area contributed by atoms with Crippen LogP contribution in [0.15, 0.2) is 18.2 Å². The second kappa shape index (κ2) is 9.50. The Kier molecular flexibility index (Phi) is 7.82. The predicted molar refractivity (Wildman–Crippen MR) is 79.9 cm³/mol. The molecule has 0 atom stereocenters. The average Bonchev–Trinajstić information content (AvgIpc) is 2.41. The molecular formula is C15H26N2O2. The summed E-state index contributed by atoms with van der Waals surface area (Å²) in [5.41, 5.74) is 6.20. The van der Waals surface area contributed by atoms with Gasteiger partial charge in [0.2, 0.25) is 0 Å². The molecule has 0 amide bonds. The Morgan fingerprint density at radius 3 is 2.74 bits per heavy atom. The first-order valence-corrected chi connectivity index (χ1v) is 7.17. The molecule has 0 aliphatic heterocycles. The lowest BCUT2D eigenvalue weighted by Gasteiger charge is -2.11. The topological polar surface area (TPSA) is 67.5 Å². The van der Waals surface area contributed by atoms with E-state index in [0.29, 0.717) is 6.61 Å². The Labute approximate surface area is 116 Å². The lowest BCUT2D eigenvalue weighted by Crippen LogP contribution is -2.04. The standard InChI is InChI=1S/C15H26N2O2/c1-2-3-11-19-13-7-8-14(15(18)12-13)17-10-6-4-5-9-16/h7-8,12,17-18H,2-6,9-11,16H2,1H3. The smallest absolute Gasteiger partial charge is 0.142 e. The zero-order chi connectivity index (χ0) is 13.9. The van der Waals surface area contributed by atoms with E-state index in [1.807, 2.05) is 12.1 Å². The molecule has 0 aliphatic carbocycles. The number of phenolic OH excluding ortho intramolecular Hbond substituents is 1. The van der Waals surface area contributed by atoms with Crippen LogP contribution in [0.25, 0.3) is 0 Å². The molecule has 0 fully saturated rings. The molecular weight excluding hydrogens is 240 g/mol. The fourth-order valence-electron chi connectivity index (χ4n) is 1.75. The fourth-order valence-corrected chi connectivity index (χ4v) is 1.75. The van der Waals surface area contributed by atoms with E-state index in [4.69, 9.17) is 10.5 Å². The summed E-state index contributed by atoms with van der Waals surface area (Å²) in [6, 6.07) is 5.41. The van der Waals surface area contributed by atoms with Crippen LogP contribution in [0, 0.1) is 0 Å². The summed E-state index contributed by atoms with van der Waals surface area (Å²) in [7, 11) is 0. The van der Waals surface area contributed by atoms with Crippen molar-refractivity contribution in [1.29, 1.82) is 0 Å². The molecule has 0 bridgehead atoms. The van der Waals surface area contributed by atoms with Gasteiger partial charge in [-0.1, -0.05) is 19.8 Å². The maximum Gasteiger partial charge on any atom is 0.142 e. The molecule has 0 heterocycles. The van der Waals surface area contributed by atoms with E-state index in [-0.39, 0.29) is 5.75 Å². The van der Waals surface area contributed by atoms with Gasteiger partial charge in [-0.05, 0) is 37.9 Å². The SMILES string of the molecule is CCCCOc1ccc(NCCCCCN)c(O)c1. The minimum Gasteiger partial charge on any atom is -0.506 e. The number of hydrogen-bond acceptors (Lipinski definition) is 4. The lowest BCUT2D eigenvalue weighted by atomic mass is 10.2. The summed E-state index contributed by atoms with van der Waals surface area (Å²) in [4.78, 5) is 0. The van der Waals surface area contributed by atoms with Crippen LogP contribution in [0.2, 0.25) is 0 Å². The van der Waals surface area contributed by atoms with Crippen LogP contribution in [0.1, 0.15) is 39.0 Å². The molecule has 1 rings (SSSR count). The van der Waals surface area contributed by atoms with E-state index in [9.17, 15) is 5.11 Å². The maximum absolute atomic E-state index is 9.89. The number of unbranched alkanes of at least 4 members (excludes halogenated alkanes) is 3. The molecule has 0 saturated heterocycles. The normalized spacial score (nSPS) is 10.4. The highest BCUT2D eigenvalue weighted by molar-refractivity contribution is 5.58. The minimum absolute atomic E-state index is 0.243. The number of nitrogens with one attached hydrogen (secondary N) is 1.